The number of allylic oxidation sites excluding steroid dienone is 2. The van der Waals surface area contributed by atoms with E-state index in [0.717, 1.165) is 41.9 Å². The van der Waals surface area contributed by atoms with Gasteiger partial charge in [0.05, 0.1) is 0 Å². The second-order valence-electron chi connectivity index (χ2n) is 4.21. The monoisotopic (exact) mass is 203 g/mol. The molecule has 15 heavy (non-hydrogen) atoms. The molecule has 1 N–H and O–H groups in total. The number of carbonyl (C=O) groups excluding carboxylic acids is 1. The predicted molar refractivity (Wildman–Crippen MR) is 56.4 cm³/mol. The van der Waals surface area contributed by atoms with Crippen molar-refractivity contribution in [3.8, 4) is 0 Å². The van der Waals surface area contributed by atoms with Gasteiger partial charge in [-0.1, -0.05) is 0 Å². The Morgan fingerprint density at radius 2 is 2.33 bits per heavy atom. The van der Waals surface area contributed by atoms with Gasteiger partial charge in [-0.3, -0.25) is 9.48 Å². The minimum Gasteiger partial charge on any atom is -0.342 e. The second kappa shape index (κ2) is 2.95. The summed E-state index contributed by atoms with van der Waals surface area (Å²) in [6.07, 6.45) is 5.39. The minimum absolute atomic E-state index is 0.304. The summed E-state index contributed by atoms with van der Waals surface area (Å²) in [6, 6.07) is 0. The largest absolute Gasteiger partial charge is 0.342 e. The van der Waals surface area contributed by atoms with Gasteiger partial charge in [0.1, 0.15) is 0 Å². The standard InChI is InChI=1S/C11H13N3O/c1-14-6-7-5-8-9(12-11(7)13-14)3-2-4-10(8)15/h6H,2-5H2,1H3,(H,12,13). The first-order chi connectivity index (χ1) is 7.24. The van der Waals surface area contributed by atoms with Gasteiger partial charge in [0.2, 0.25) is 0 Å². The van der Waals surface area contributed by atoms with Crippen LogP contribution in [0.1, 0.15) is 24.8 Å². The van der Waals surface area contributed by atoms with Crippen molar-refractivity contribution in [1.82, 2.24) is 9.78 Å². The molecule has 78 valence electrons. The summed E-state index contributed by atoms with van der Waals surface area (Å²) in [6.45, 7) is 0. The molecule has 0 saturated heterocycles. The van der Waals surface area contributed by atoms with Gasteiger partial charge in [0.25, 0.3) is 0 Å². The number of aryl methyl sites for hydroxylation is 1. The van der Waals surface area contributed by atoms with Gasteiger partial charge in [-0.15, -0.1) is 0 Å². The van der Waals surface area contributed by atoms with Gasteiger partial charge in [-0.05, 0) is 12.8 Å². The first-order valence-electron chi connectivity index (χ1n) is 5.29. The van der Waals surface area contributed by atoms with E-state index in [1.807, 2.05) is 13.2 Å². The zero-order chi connectivity index (χ0) is 10.4. The lowest BCUT2D eigenvalue weighted by Crippen LogP contribution is -2.22. The zero-order valence-electron chi connectivity index (χ0n) is 8.71. The number of ketones is 1. The summed E-state index contributed by atoms with van der Waals surface area (Å²) >= 11 is 0. The lowest BCUT2D eigenvalue weighted by molar-refractivity contribution is -0.116. The number of aromatic nitrogens is 2. The van der Waals surface area contributed by atoms with Crippen LogP contribution in [-0.4, -0.2) is 15.6 Å². The fourth-order valence-corrected chi connectivity index (χ4v) is 2.34. The Bertz CT molecular complexity index is 470. The third-order valence-corrected chi connectivity index (χ3v) is 3.07. The summed E-state index contributed by atoms with van der Waals surface area (Å²) in [7, 11) is 1.90. The Morgan fingerprint density at radius 1 is 1.47 bits per heavy atom. The van der Waals surface area contributed by atoms with E-state index in [0.29, 0.717) is 12.2 Å². The smallest absolute Gasteiger partial charge is 0.160 e. The highest BCUT2D eigenvalue weighted by molar-refractivity contribution is 5.98. The average Bonchev–Trinajstić information content (AvgIpc) is 2.55. The molecule has 2 heterocycles. The molecule has 4 heteroatoms. The Hall–Kier alpha value is -1.58. The summed E-state index contributed by atoms with van der Waals surface area (Å²) in [5.41, 5.74) is 3.20. The van der Waals surface area contributed by atoms with Crippen LogP contribution >= 0.6 is 0 Å². The molecule has 0 radical (unpaired) electrons. The first-order valence-corrected chi connectivity index (χ1v) is 5.29. The van der Waals surface area contributed by atoms with E-state index < -0.39 is 0 Å². The fraction of sp³-hybridized carbons (Fsp3) is 0.455. The highest BCUT2D eigenvalue weighted by Gasteiger charge is 2.27. The molecule has 1 aromatic rings. The molecule has 1 aliphatic heterocycles. The molecule has 1 aromatic heterocycles. The van der Waals surface area contributed by atoms with Crippen LogP contribution in [0.25, 0.3) is 0 Å². The highest BCUT2D eigenvalue weighted by Crippen LogP contribution is 2.32. The molecule has 0 aromatic carbocycles. The number of hydrogen-bond donors (Lipinski definition) is 1. The molecule has 0 fully saturated rings. The number of Topliss-reactive ketones (excluding diaryl/α,β-unsaturated/α-hetero) is 1. The normalized spacial score (nSPS) is 19.7. The highest BCUT2D eigenvalue weighted by atomic mass is 16.1. The van der Waals surface area contributed by atoms with Gasteiger partial charge in [-0.25, -0.2) is 0 Å². The molecule has 1 aliphatic carbocycles. The van der Waals surface area contributed by atoms with Crippen LogP contribution in [0, 0.1) is 0 Å². The van der Waals surface area contributed by atoms with Crippen molar-refractivity contribution in [1.29, 1.82) is 0 Å². The maximum atomic E-state index is 11.7. The van der Waals surface area contributed by atoms with Crippen molar-refractivity contribution in [3.63, 3.8) is 0 Å². The van der Waals surface area contributed by atoms with E-state index in [1.165, 1.54) is 0 Å². The van der Waals surface area contributed by atoms with Gasteiger partial charge in [0.15, 0.2) is 11.6 Å². The van der Waals surface area contributed by atoms with E-state index in [1.54, 1.807) is 4.68 Å². The van der Waals surface area contributed by atoms with Crippen molar-refractivity contribution >= 4 is 11.6 Å². The molecule has 0 saturated carbocycles. The fourth-order valence-electron chi connectivity index (χ4n) is 2.34. The molecule has 4 nitrogen and oxygen atoms in total. The number of hydrogen-bond acceptors (Lipinski definition) is 3. The third-order valence-electron chi connectivity index (χ3n) is 3.07. The first kappa shape index (κ1) is 8.71. The Kier molecular flexibility index (Phi) is 1.71. The molecule has 0 atom stereocenters. The SMILES string of the molecule is Cn1cc2c(n1)NC1=C(C2)C(=O)CCC1. The molecule has 0 bridgehead atoms. The Morgan fingerprint density at radius 3 is 3.20 bits per heavy atom. The van der Waals surface area contributed by atoms with E-state index in [4.69, 9.17) is 0 Å². The summed E-state index contributed by atoms with van der Waals surface area (Å²) < 4.78 is 1.79. The number of nitrogens with one attached hydrogen (secondary N) is 1. The molecule has 0 amide bonds. The number of carbonyl (C=O) groups is 1. The van der Waals surface area contributed by atoms with Crippen LogP contribution in [0.3, 0.4) is 0 Å². The maximum absolute atomic E-state index is 11.7. The summed E-state index contributed by atoms with van der Waals surface area (Å²) in [4.78, 5) is 11.7. The number of rotatable bonds is 0. The predicted octanol–water partition coefficient (Wildman–Crippen LogP) is 1.40. The molecular weight excluding hydrogens is 190 g/mol. The average molecular weight is 203 g/mol. The van der Waals surface area contributed by atoms with Gasteiger partial charge < -0.3 is 5.32 Å². The van der Waals surface area contributed by atoms with Crippen LogP contribution < -0.4 is 5.32 Å². The Balaban J connectivity index is 2.03. The van der Waals surface area contributed by atoms with Gasteiger partial charge in [-0.2, -0.15) is 5.10 Å². The molecule has 3 rings (SSSR count). The van der Waals surface area contributed by atoms with Crippen molar-refractivity contribution in [2.24, 2.45) is 7.05 Å². The maximum Gasteiger partial charge on any atom is 0.160 e. The van der Waals surface area contributed by atoms with Gasteiger partial charge >= 0.3 is 0 Å². The number of nitrogens with zero attached hydrogens (tertiary/aromatic N) is 2. The minimum atomic E-state index is 0.304. The number of anilines is 1. The van der Waals surface area contributed by atoms with Crippen molar-refractivity contribution in [2.45, 2.75) is 25.7 Å². The second-order valence-corrected chi connectivity index (χ2v) is 4.21. The lowest BCUT2D eigenvalue weighted by Gasteiger charge is -2.24. The van der Waals surface area contributed by atoms with Crippen LogP contribution in [0.15, 0.2) is 17.5 Å². The number of fused-ring (bicyclic) bond motifs is 1. The van der Waals surface area contributed by atoms with Crippen LogP contribution in [0.2, 0.25) is 0 Å². The van der Waals surface area contributed by atoms with Crippen molar-refractivity contribution < 1.29 is 4.79 Å². The van der Waals surface area contributed by atoms with E-state index >= 15 is 0 Å². The van der Waals surface area contributed by atoms with E-state index in [9.17, 15) is 4.79 Å². The van der Waals surface area contributed by atoms with Crippen LogP contribution in [-0.2, 0) is 18.3 Å². The summed E-state index contributed by atoms with van der Waals surface area (Å²) in [5, 5.41) is 7.60. The molecular formula is C11H13N3O. The van der Waals surface area contributed by atoms with Crippen molar-refractivity contribution in [2.75, 3.05) is 5.32 Å². The topological polar surface area (TPSA) is 46.9 Å². The summed E-state index contributed by atoms with van der Waals surface area (Å²) in [5.74, 6) is 1.23. The van der Waals surface area contributed by atoms with Crippen molar-refractivity contribution in [3.05, 3.63) is 23.0 Å². The van der Waals surface area contributed by atoms with Crippen LogP contribution in [0.5, 0.6) is 0 Å². The quantitative estimate of drug-likeness (QED) is 0.693. The van der Waals surface area contributed by atoms with E-state index in [2.05, 4.69) is 10.4 Å². The molecule has 0 spiro atoms. The molecule has 0 unspecified atom stereocenters. The third kappa shape index (κ3) is 1.28. The van der Waals surface area contributed by atoms with Gasteiger partial charge in [0, 0.05) is 42.9 Å². The van der Waals surface area contributed by atoms with E-state index in [-0.39, 0.29) is 0 Å². The Labute approximate surface area is 88.0 Å². The lowest BCUT2D eigenvalue weighted by atomic mass is 9.89. The van der Waals surface area contributed by atoms with Crippen LogP contribution in [0.4, 0.5) is 5.82 Å². The molecule has 2 aliphatic rings. The zero-order valence-corrected chi connectivity index (χ0v) is 8.71.